The first-order valence-electron chi connectivity index (χ1n) is 12.8. The summed E-state index contributed by atoms with van der Waals surface area (Å²) in [7, 11) is 0. The number of hydrogen-bond acceptors (Lipinski definition) is 6. The van der Waals surface area contributed by atoms with Gasteiger partial charge in [0.15, 0.2) is 0 Å². The van der Waals surface area contributed by atoms with Gasteiger partial charge in [0, 0.05) is 19.0 Å². The first-order chi connectivity index (χ1) is 16.5. The molecule has 202 valence electrons. The molecular weight excluding hydrogens is 464 g/mol. The number of ether oxygens (including phenoxy) is 1. The van der Waals surface area contributed by atoms with Crippen molar-refractivity contribution in [3.63, 3.8) is 0 Å². The molecule has 3 fully saturated rings. The van der Waals surface area contributed by atoms with E-state index in [0.717, 1.165) is 0 Å². The van der Waals surface area contributed by atoms with Crippen LogP contribution in [0.4, 0.5) is 4.79 Å². The van der Waals surface area contributed by atoms with Gasteiger partial charge in [-0.15, -0.1) is 0 Å². The average molecular weight is 507 g/mol. The fourth-order valence-electron chi connectivity index (χ4n) is 5.65. The number of alkyl carbamates (subject to hydrolysis) is 1. The highest BCUT2D eigenvalue weighted by molar-refractivity contribution is 5.94. The molecule has 2 heterocycles. The molecule has 6 atom stereocenters. The van der Waals surface area contributed by atoms with E-state index in [1.165, 1.54) is 0 Å². The molecule has 0 aromatic rings. The minimum Gasteiger partial charge on any atom is -0.444 e. The standard InChI is InChI=1S/C26H42N4O6/c1-24(2,3)19(29-23(35)36-25(4,5)6)22(34)30-12-16-17(26(16,7)8)18(30)21(33)28-15(13-31)11-14-9-10-27-20(14)32/h13-19H,9-12H2,1-8H3,(H,27,32)(H,28,33)(H,29,35)/t14-,15?,16+,17+,18-,19+/m0/s1. The van der Waals surface area contributed by atoms with Crippen molar-refractivity contribution >= 4 is 30.1 Å². The smallest absolute Gasteiger partial charge is 0.408 e. The summed E-state index contributed by atoms with van der Waals surface area (Å²) < 4.78 is 5.38. The van der Waals surface area contributed by atoms with E-state index in [0.29, 0.717) is 25.8 Å². The number of rotatable bonds is 7. The molecule has 0 radical (unpaired) electrons. The van der Waals surface area contributed by atoms with E-state index in [9.17, 15) is 24.0 Å². The summed E-state index contributed by atoms with van der Waals surface area (Å²) in [4.78, 5) is 65.2. The second-order valence-corrected chi connectivity index (χ2v) is 13.1. The van der Waals surface area contributed by atoms with Crippen LogP contribution in [0.15, 0.2) is 0 Å². The third kappa shape index (κ3) is 5.83. The predicted molar refractivity (Wildman–Crippen MR) is 133 cm³/mol. The molecule has 3 aliphatic rings. The van der Waals surface area contributed by atoms with Crippen LogP contribution in [0.3, 0.4) is 0 Å². The van der Waals surface area contributed by atoms with Gasteiger partial charge in [-0.25, -0.2) is 4.79 Å². The highest BCUT2D eigenvalue weighted by Gasteiger charge is 2.69. The van der Waals surface area contributed by atoms with Gasteiger partial charge in [0.25, 0.3) is 0 Å². The molecule has 2 aliphatic heterocycles. The predicted octanol–water partition coefficient (Wildman–Crippen LogP) is 1.62. The number of hydrogen-bond donors (Lipinski definition) is 3. The van der Waals surface area contributed by atoms with Crippen molar-refractivity contribution in [2.24, 2.45) is 28.6 Å². The highest BCUT2D eigenvalue weighted by Crippen LogP contribution is 2.65. The largest absolute Gasteiger partial charge is 0.444 e. The average Bonchev–Trinajstić information content (AvgIpc) is 3.08. The van der Waals surface area contributed by atoms with E-state index in [1.807, 2.05) is 20.8 Å². The Morgan fingerprint density at radius 1 is 1.17 bits per heavy atom. The summed E-state index contributed by atoms with van der Waals surface area (Å²) in [5, 5.41) is 8.26. The Kier molecular flexibility index (Phi) is 7.50. The Labute approximate surface area is 213 Å². The van der Waals surface area contributed by atoms with Crippen LogP contribution in [0.2, 0.25) is 0 Å². The van der Waals surface area contributed by atoms with E-state index >= 15 is 0 Å². The number of aldehydes is 1. The van der Waals surface area contributed by atoms with Gasteiger partial charge in [0.1, 0.15) is 24.0 Å². The summed E-state index contributed by atoms with van der Waals surface area (Å²) >= 11 is 0. The van der Waals surface area contributed by atoms with Crippen LogP contribution in [0, 0.1) is 28.6 Å². The van der Waals surface area contributed by atoms with E-state index in [4.69, 9.17) is 4.74 Å². The summed E-state index contributed by atoms with van der Waals surface area (Å²) in [6.45, 7) is 15.9. The zero-order chi connectivity index (χ0) is 27.2. The number of nitrogens with one attached hydrogen (secondary N) is 3. The lowest BCUT2D eigenvalue weighted by Gasteiger charge is -2.38. The molecule has 1 aliphatic carbocycles. The lowest BCUT2D eigenvalue weighted by atomic mass is 9.85. The second kappa shape index (κ2) is 9.67. The number of likely N-dealkylation sites (tertiary alicyclic amines) is 1. The van der Waals surface area contributed by atoms with Crippen LogP contribution in [-0.2, 0) is 23.9 Å². The minimum absolute atomic E-state index is 0.0503. The molecule has 10 nitrogen and oxygen atoms in total. The number of fused-ring (bicyclic) bond motifs is 1. The molecule has 4 amide bonds. The zero-order valence-electron chi connectivity index (χ0n) is 22.8. The van der Waals surface area contributed by atoms with Crippen molar-refractivity contribution in [3.8, 4) is 0 Å². The molecule has 10 heteroatoms. The van der Waals surface area contributed by atoms with Gasteiger partial charge in [-0.05, 0) is 56.3 Å². The molecule has 3 rings (SSSR count). The maximum absolute atomic E-state index is 13.8. The lowest BCUT2D eigenvalue weighted by molar-refractivity contribution is -0.144. The molecule has 2 saturated heterocycles. The van der Waals surface area contributed by atoms with Gasteiger partial charge in [-0.2, -0.15) is 0 Å². The summed E-state index contributed by atoms with van der Waals surface area (Å²) in [5.41, 5.74) is -1.48. The van der Waals surface area contributed by atoms with Crippen molar-refractivity contribution in [1.82, 2.24) is 20.9 Å². The maximum Gasteiger partial charge on any atom is 0.408 e. The number of piperidine rings is 1. The van der Waals surface area contributed by atoms with Crippen LogP contribution in [-0.4, -0.2) is 71.8 Å². The van der Waals surface area contributed by atoms with Crippen LogP contribution >= 0.6 is 0 Å². The number of nitrogens with zero attached hydrogens (tertiary/aromatic N) is 1. The number of carbonyl (C=O) groups excluding carboxylic acids is 5. The Hall–Kier alpha value is -2.65. The van der Waals surface area contributed by atoms with Gasteiger partial charge >= 0.3 is 6.09 Å². The van der Waals surface area contributed by atoms with Gasteiger partial charge in [-0.3, -0.25) is 14.4 Å². The number of amides is 4. The second-order valence-electron chi connectivity index (χ2n) is 13.1. The fraction of sp³-hybridized carbons (Fsp3) is 0.808. The van der Waals surface area contributed by atoms with Crippen LogP contribution in [0.5, 0.6) is 0 Å². The first-order valence-corrected chi connectivity index (χ1v) is 12.8. The monoisotopic (exact) mass is 506 g/mol. The Morgan fingerprint density at radius 2 is 1.81 bits per heavy atom. The van der Waals surface area contributed by atoms with Crippen LogP contribution < -0.4 is 16.0 Å². The summed E-state index contributed by atoms with van der Waals surface area (Å²) in [6, 6.07) is -2.49. The molecule has 0 spiro atoms. The molecule has 1 unspecified atom stereocenters. The molecule has 0 aromatic carbocycles. The maximum atomic E-state index is 13.8. The molecule has 1 saturated carbocycles. The third-order valence-corrected chi connectivity index (χ3v) is 7.73. The highest BCUT2D eigenvalue weighted by atomic mass is 16.6. The summed E-state index contributed by atoms with van der Waals surface area (Å²) in [6.07, 6.45) is 0.804. The van der Waals surface area contributed by atoms with Gasteiger partial charge in [0.2, 0.25) is 17.7 Å². The SMILES string of the molecule is CC(C)(C)OC(=O)N[C@H](C(=O)N1C[C@@H]2[C@H]([C@H]1C(=O)NC(C=O)C[C@@H]1CCNC1=O)C2(C)C)C(C)(C)C. The van der Waals surface area contributed by atoms with Crippen LogP contribution in [0.25, 0.3) is 0 Å². The molecule has 36 heavy (non-hydrogen) atoms. The normalized spacial score (nSPS) is 28.4. The summed E-state index contributed by atoms with van der Waals surface area (Å²) in [5.74, 6) is -1.09. The van der Waals surface area contributed by atoms with Crippen molar-refractivity contribution in [1.29, 1.82) is 0 Å². The minimum atomic E-state index is -0.910. The third-order valence-electron chi connectivity index (χ3n) is 7.73. The van der Waals surface area contributed by atoms with Gasteiger partial charge in [-0.1, -0.05) is 34.6 Å². The van der Waals surface area contributed by atoms with E-state index < -0.39 is 41.1 Å². The fourth-order valence-corrected chi connectivity index (χ4v) is 5.65. The lowest BCUT2D eigenvalue weighted by Crippen LogP contribution is -2.60. The molecule has 0 aromatic heterocycles. The van der Waals surface area contributed by atoms with Gasteiger partial charge in [0.05, 0.1) is 6.04 Å². The molecule has 0 bridgehead atoms. The Balaban J connectivity index is 1.78. The van der Waals surface area contributed by atoms with E-state index in [-0.39, 0.29) is 41.4 Å². The molecule has 3 N–H and O–H groups in total. The van der Waals surface area contributed by atoms with Gasteiger partial charge < -0.3 is 30.4 Å². The topological polar surface area (TPSA) is 134 Å². The quantitative estimate of drug-likeness (QED) is 0.449. The zero-order valence-corrected chi connectivity index (χ0v) is 22.8. The van der Waals surface area contributed by atoms with Crippen molar-refractivity contribution in [2.75, 3.05) is 13.1 Å². The number of carbonyl (C=O) groups is 5. The Bertz CT molecular complexity index is 918. The first kappa shape index (κ1) is 27.9. The van der Waals surface area contributed by atoms with E-state index in [2.05, 4.69) is 29.8 Å². The molecular formula is C26H42N4O6. The Morgan fingerprint density at radius 3 is 2.31 bits per heavy atom. The van der Waals surface area contributed by atoms with Crippen molar-refractivity contribution < 1.29 is 28.7 Å². The van der Waals surface area contributed by atoms with Crippen molar-refractivity contribution in [2.45, 2.75) is 92.0 Å². The van der Waals surface area contributed by atoms with Crippen molar-refractivity contribution in [3.05, 3.63) is 0 Å². The van der Waals surface area contributed by atoms with Crippen LogP contribution in [0.1, 0.15) is 68.2 Å². The van der Waals surface area contributed by atoms with E-state index in [1.54, 1.807) is 25.7 Å².